The number of nitrogens with zero attached hydrogens (tertiary/aromatic N) is 1. The summed E-state index contributed by atoms with van der Waals surface area (Å²) in [7, 11) is -3.82. The smallest absolute Gasteiger partial charge is 0.293 e. The molecule has 9 heteroatoms. The van der Waals surface area contributed by atoms with Gasteiger partial charge >= 0.3 is 0 Å². The van der Waals surface area contributed by atoms with E-state index in [4.69, 9.17) is 0 Å². The highest BCUT2D eigenvalue weighted by Gasteiger charge is 2.31. The first-order valence-corrected chi connectivity index (χ1v) is 15.5. The molecule has 1 saturated carbocycles. The largest absolute Gasteiger partial charge is 0.462 e. The van der Waals surface area contributed by atoms with Gasteiger partial charge in [0.15, 0.2) is 0 Å². The lowest BCUT2D eigenvalue weighted by Crippen LogP contribution is -2.33. The maximum atomic E-state index is 12.3. The monoisotopic (exact) mass is 567 g/mol. The Hall–Kier alpha value is -3.17. The van der Waals surface area contributed by atoms with E-state index in [1.807, 2.05) is 43.8 Å². The van der Waals surface area contributed by atoms with Gasteiger partial charge in [-0.25, -0.2) is 13.1 Å². The van der Waals surface area contributed by atoms with Crippen molar-refractivity contribution >= 4 is 33.3 Å². The van der Waals surface area contributed by atoms with Crippen LogP contribution in [0.3, 0.4) is 0 Å². The second-order valence-corrected chi connectivity index (χ2v) is 13.5. The van der Waals surface area contributed by atoms with Gasteiger partial charge in [-0.3, -0.25) is 14.5 Å². The van der Waals surface area contributed by atoms with Crippen LogP contribution in [0.1, 0.15) is 94.0 Å². The maximum absolute atomic E-state index is 12.3. The number of carbonyl (C=O) groups is 2. The lowest BCUT2D eigenvalue weighted by Gasteiger charge is -2.37. The van der Waals surface area contributed by atoms with Gasteiger partial charge in [-0.2, -0.15) is 0 Å². The Morgan fingerprint density at radius 2 is 1.82 bits per heavy atom. The molecule has 5 rings (SSSR count). The van der Waals surface area contributed by atoms with Crippen LogP contribution in [0.25, 0.3) is 10.9 Å². The molecule has 1 amide bonds. The van der Waals surface area contributed by atoms with E-state index in [1.165, 1.54) is 53.8 Å². The molecule has 0 spiro atoms. The minimum absolute atomic E-state index is 0.118. The summed E-state index contributed by atoms with van der Waals surface area (Å²) in [5, 5.41) is 1.33. The number of hydrogen-bond donors (Lipinski definition) is 2. The number of likely N-dealkylation sites (tertiary alicyclic amines) is 1. The normalized spacial score (nSPS) is 18.1. The topological polar surface area (TPSA) is 109 Å². The molecule has 1 saturated heterocycles. The molecule has 216 valence electrons. The Kier molecular flexibility index (Phi) is 9.05. The quantitative estimate of drug-likeness (QED) is 0.346. The lowest BCUT2D eigenvalue weighted by molar-refractivity contribution is -0.138. The van der Waals surface area contributed by atoms with Gasteiger partial charge in [0.2, 0.25) is 5.91 Å². The minimum Gasteiger partial charge on any atom is -0.462 e. The van der Waals surface area contributed by atoms with Gasteiger partial charge in [-0.1, -0.05) is 24.6 Å². The van der Waals surface area contributed by atoms with Gasteiger partial charge in [0, 0.05) is 36.6 Å². The van der Waals surface area contributed by atoms with Gasteiger partial charge in [0.05, 0.1) is 4.90 Å². The molecule has 8 nitrogen and oxygen atoms in total. The predicted molar refractivity (Wildman–Crippen MR) is 156 cm³/mol. The zero-order valence-electron chi connectivity index (χ0n) is 24.1. The van der Waals surface area contributed by atoms with Gasteiger partial charge in [-0.15, -0.1) is 0 Å². The Bertz CT molecular complexity index is 1450. The second kappa shape index (κ2) is 12.1. The van der Waals surface area contributed by atoms with Crippen molar-refractivity contribution in [3.63, 3.8) is 0 Å². The number of benzene rings is 2. The number of aryl methyl sites for hydroxylation is 1. The molecule has 40 heavy (non-hydrogen) atoms. The van der Waals surface area contributed by atoms with Crippen molar-refractivity contribution in [1.29, 1.82) is 0 Å². The summed E-state index contributed by atoms with van der Waals surface area (Å²) < 4.78 is 31.2. The van der Waals surface area contributed by atoms with Crippen LogP contribution in [0.2, 0.25) is 0 Å². The van der Waals surface area contributed by atoms with Crippen LogP contribution in [0.4, 0.5) is 0 Å². The number of nitrogens with one attached hydrogen (secondary N) is 2. The highest BCUT2D eigenvalue weighted by molar-refractivity contribution is 7.90. The van der Waals surface area contributed by atoms with Crippen molar-refractivity contribution in [1.82, 2.24) is 14.6 Å². The molecule has 1 aliphatic heterocycles. The number of amides is 1. The van der Waals surface area contributed by atoms with Gasteiger partial charge < -0.3 is 9.72 Å². The molecule has 2 heterocycles. The third-order valence-electron chi connectivity index (χ3n) is 7.43. The summed E-state index contributed by atoms with van der Waals surface area (Å²) in [4.78, 5) is 26.9. The number of rotatable bonds is 7. The number of carbonyl (C=O) groups excluding carboxylic acids is 2. The van der Waals surface area contributed by atoms with Crippen LogP contribution in [-0.4, -0.2) is 42.8 Å². The van der Waals surface area contributed by atoms with E-state index in [0.29, 0.717) is 12.4 Å². The molecular weight excluding hydrogens is 526 g/mol. The summed E-state index contributed by atoms with van der Waals surface area (Å²) >= 11 is 0. The van der Waals surface area contributed by atoms with Gasteiger partial charge in [0.1, 0.15) is 5.60 Å². The van der Waals surface area contributed by atoms with Crippen LogP contribution >= 0.6 is 0 Å². The lowest BCUT2D eigenvalue weighted by atomic mass is 9.92. The first kappa shape index (κ1) is 29.8. The van der Waals surface area contributed by atoms with Crippen molar-refractivity contribution < 1.29 is 22.7 Å². The molecule has 1 aliphatic carbocycles. The molecule has 2 aromatic carbocycles. The molecular formula is C31H41N3O5S. The van der Waals surface area contributed by atoms with Gasteiger partial charge in [-0.05, 0) is 106 Å². The van der Waals surface area contributed by atoms with Gasteiger partial charge in [0.25, 0.3) is 16.5 Å². The Morgan fingerprint density at radius 1 is 1.12 bits per heavy atom. The number of H-pyrrole nitrogens is 1. The molecule has 2 aliphatic rings. The second-order valence-electron chi connectivity index (χ2n) is 11.8. The third kappa shape index (κ3) is 7.31. The summed E-state index contributed by atoms with van der Waals surface area (Å²) in [6.45, 7) is 11.2. The molecule has 0 radical (unpaired) electrons. The Morgan fingerprint density at radius 3 is 2.40 bits per heavy atom. The summed E-state index contributed by atoms with van der Waals surface area (Å²) in [6.07, 6.45) is 7.98. The van der Waals surface area contributed by atoms with E-state index in [-0.39, 0.29) is 16.5 Å². The number of hydrogen-bond acceptors (Lipinski definition) is 6. The average Bonchev–Trinajstić information content (AvgIpc) is 3.60. The molecule has 2 fully saturated rings. The fourth-order valence-corrected chi connectivity index (χ4v) is 6.44. The van der Waals surface area contributed by atoms with E-state index >= 15 is 0 Å². The fourth-order valence-electron chi connectivity index (χ4n) is 5.45. The van der Waals surface area contributed by atoms with Crippen molar-refractivity contribution in [2.24, 2.45) is 0 Å². The Labute approximate surface area is 237 Å². The van der Waals surface area contributed by atoms with E-state index in [9.17, 15) is 18.0 Å². The standard InChI is InChI=1S/C26H31N3O3S.C5H10O2/c1-17-15-23(19-6-7-19)24(22-12-13-27-26(17)22)16-29-14-4-3-5-25(29)20-8-10-21(11-9-20)33(31,32)28-18(2)30;1-5(2,3)7-4-6/h8-13,15,19,25,27H,3-7,14,16H2,1-2H3,(H,28,30);4H,1-3H3. The minimum atomic E-state index is -3.82. The highest BCUT2D eigenvalue weighted by atomic mass is 32.2. The summed E-state index contributed by atoms with van der Waals surface area (Å²) in [5.41, 5.74) is 6.29. The van der Waals surface area contributed by atoms with Crippen LogP contribution in [0.5, 0.6) is 0 Å². The molecule has 1 aromatic heterocycles. The summed E-state index contributed by atoms with van der Waals surface area (Å²) in [5.74, 6) is 0.0951. The molecule has 3 aromatic rings. The van der Waals surface area contributed by atoms with E-state index in [1.54, 1.807) is 12.1 Å². The van der Waals surface area contributed by atoms with Crippen molar-refractivity contribution in [2.75, 3.05) is 6.54 Å². The molecule has 1 atom stereocenters. The fraction of sp³-hybridized carbons (Fsp3) is 0.484. The number of sulfonamides is 1. The zero-order valence-corrected chi connectivity index (χ0v) is 24.9. The number of fused-ring (bicyclic) bond motifs is 1. The van der Waals surface area contributed by atoms with Crippen LogP contribution in [0.15, 0.2) is 47.5 Å². The van der Waals surface area contributed by atoms with Crippen molar-refractivity contribution in [3.05, 3.63) is 64.8 Å². The molecule has 0 bridgehead atoms. The summed E-state index contributed by atoms with van der Waals surface area (Å²) in [6, 6.07) is 11.9. The van der Waals surface area contributed by atoms with Crippen molar-refractivity contribution in [3.8, 4) is 0 Å². The SMILES string of the molecule is CC(=O)NS(=O)(=O)c1ccc(C2CCCCN2Cc2c(C3CC3)cc(C)c3[nH]ccc23)cc1.CC(C)(C)OC=O. The van der Waals surface area contributed by atoms with Crippen LogP contribution in [-0.2, 0) is 30.9 Å². The Balaban J connectivity index is 0.000000470. The number of piperidine rings is 1. The van der Waals surface area contributed by atoms with E-state index in [0.717, 1.165) is 31.5 Å². The average molecular weight is 568 g/mol. The predicted octanol–water partition coefficient (Wildman–Crippen LogP) is 5.86. The zero-order chi connectivity index (χ0) is 29.1. The number of ether oxygens (including phenoxy) is 1. The number of aromatic nitrogens is 1. The maximum Gasteiger partial charge on any atom is 0.293 e. The van der Waals surface area contributed by atoms with Crippen molar-refractivity contribution in [2.45, 2.75) is 95.7 Å². The third-order valence-corrected chi connectivity index (χ3v) is 8.88. The van der Waals surface area contributed by atoms with E-state index in [2.05, 4.69) is 33.7 Å². The molecule has 1 unspecified atom stereocenters. The first-order valence-electron chi connectivity index (χ1n) is 14.0. The number of aromatic amines is 1. The molecule has 2 N–H and O–H groups in total. The van der Waals surface area contributed by atoms with Crippen LogP contribution < -0.4 is 4.72 Å². The first-order chi connectivity index (χ1) is 18.9. The highest BCUT2D eigenvalue weighted by Crippen LogP contribution is 2.45. The van der Waals surface area contributed by atoms with Crippen LogP contribution in [0, 0.1) is 6.92 Å². The van der Waals surface area contributed by atoms with E-state index < -0.39 is 15.9 Å².